The van der Waals surface area contributed by atoms with Crippen LogP contribution in [0.3, 0.4) is 0 Å². The monoisotopic (exact) mass is 588 g/mol. The van der Waals surface area contributed by atoms with Crippen molar-refractivity contribution < 1.29 is 28.6 Å². The molecule has 0 N–H and O–H groups in total. The normalized spacial score (nSPS) is 20.1. The highest BCUT2D eigenvalue weighted by atomic mass is 31.0. The number of ether oxygens (including phenoxy) is 3. The van der Waals surface area contributed by atoms with Gasteiger partial charge in [0.05, 0.1) is 5.69 Å². The van der Waals surface area contributed by atoms with E-state index in [9.17, 15) is 14.4 Å². The molecule has 1 fully saturated rings. The van der Waals surface area contributed by atoms with Crippen molar-refractivity contribution in [1.82, 2.24) is 19.4 Å². The van der Waals surface area contributed by atoms with Crippen LogP contribution in [0.15, 0.2) is 36.9 Å². The summed E-state index contributed by atoms with van der Waals surface area (Å²) in [7, 11) is 2.50. The Morgan fingerprint density at radius 3 is 2.24 bits per heavy atom. The molecular weight excluding hydrogens is 543 g/mol. The van der Waals surface area contributed by atoms with E-state index in [2.05, 4.69) is 26.1 Å². The first kappa shape index (κ1) is 32.5. The summed E-state index contributed by atoms with van der Waals surface area (Å²) in [5, 5.41) is 0. The van der Waals surface area contributed by atoms with Gasteiger partial charge in [-0.05, 0) is 91.7 Å². The fourth-order valence-corrected chi connectivity index (χ4v) is 5.08. The fourth-order valence-electron chi connectivity index (χ4n) is 4.95. The number of hydrogen-bond donors (Lipinski definition) is 0. The number of carbonyl (C=O) groups excluding carboxylic acids is 3. The third kappa shape index (κ3) is 8.74. The van der Waals surface area contributed by atoms with Crippen LogP contribution >= 0.6 is 9.24 Å². The summed E-state index contributed by atoms with van der Waals surface area (Å²) in [6.07, 6.45) is 6.41. The highest BCUT2D eigenvalue weighted by Gasteiger charge is 2.64. The Labute approximate surface area is 245 Å². The van der Waals surface area contributed by atoms with E-state index < -0.39 is 28.8 Å². The number of carbonyl (C=O) groups is 3. The van der Waals surface area contributed by atoms with Gasteiger partial charge in [-0.3, -0.25) is 9.36 Å². The largest absolute Gasteiger partial charge is 0.458 e. The summed E-state index contributed by atoms with van der Waals surface area (Å²) in [5.41, 5.74) is -1.86. The molecule has 0 spiro atoms. The molecule has 1 saturated carbocycles. The number of rotatable bonds is 10. The Morgan fingerprint density at radius 1 is 1.10 bits per heavy atom. The van der Waals surface area contributed by atoms with Crippen LogP contribution in [0.1, 0.15) is 86.8 Å². The lowest BCUT2D eigenvalue weighted by Crippen LogP contribution is -2.45. The van der Waals surface area contributed by atoms with Crippen LogP contribution in [0.25, 0.3) is 5.82 Å². The maximum atomic E-state index is 13.5. The van der Waals surface area contributed by atoms with Crippen LogP contribution in [-0.4, -0.2) is 61.2 Å². The van der Waals surface area contributed by atoms with Crippen molar-refractivity contribution in [3.05, 3.63) is 42.6 Å². The molecule has 41 heavy (non-hydrogen) atoms. The molecule has 0 aliphatic heterocycles. The third-order valence-electron chi connectivity index (χ3n) is 6.70. The number of amides is 2. The molecule has 2 heterocycles. The maximum absolute atomic E-state index is 13.5. The van der Waals surface area contributed by atoms with E-state index in [1.54, 1.807) is 65.6 Å². The van der Waals surface area contributed by atoms with E-state index in [4.69, 9.17) is 14.2 Å². The van der Waals surface area contributed by atoms with E-state index in [1.165, 1.54) is 0 Å². The second-order valence-corrected chi connectivity index (χ2v) is 13.7. The third-order valence-corrected chi connectivity index (χ3v) is 6.84. The first-order valence-corrected chi connectivity index (χ1v) is 14.9. The van der Waals surface area contributed by atoms with Crippen LogP contribution in [-0.2, 0) is 24.4 Å². The van der Waals surface area contributed by atoms with Gasteiger partial charge in [0.2, 0.25) is 0 Å². The summed E-state index contributed by atoms with van der Waals surface area (Å²) in [6, 6.07) is 5.59. The smallest absolute Gasteiger partial charge is 0.419 e. The summed E-state index contributed by atoms with van der Waals surface area (Å²) in [6.45, 7) is 14.5. The van der Waals surface area contributed by atoms with Gasteiger partial charge in [0.15, 0.2) is 0 Å². The van der Waals surface area contributed by atoms with Gasteiger partial charge in [-0.1, -0.05) is 28.7 Å². The molecule has 5 atom stereocenters. The highest BCUT2D eigenvalue weighted by Crippen LogP contribution is 2.58. The minimum Gasteiger partial charge on any atom is -0.458 e. The van der Waals surface area contributed by atoms with Crippen molar-refractivity contribution in [2.24, 2.45) is 11.8 Å². The maximum Gasteiger partial charge on any atom is 0.419 e. The lowest BCUT2D eigenvalue weighted by Gasteiger charge is -2.31. The molecule has 2 amide bonds. The predicted octanol–water partition coefficient (Wildman–Crippen LogP) is 6.27. The quantitative estimate of drug-likeness (QED) is 0.181. The van der Waals surface area contributed by atoms with Crippen molar-refractivity contribution >= 4 is 27.4 Å². The van der Waals surface area contributed by atoms with Gasteiger partial charge in [0.1, 0.15) is 34.6 Å². The number of nitrogens with zero attached hydrogens (tertiary/aromatic N) is 4. The second kappa shape index (κ2) is 12.9. The molecule has 11 heteroatoms. The number of aromatic nitrogens is 3. The Kier molecular flexibility index (Phi) is 10.2. The van der Waals surface area contributed by atoms with E-state index in [1.807, 2.05) is 24.4 Å². The lowest BCUT2D eigenvalue weighted by molar-refractivity contribution is -0.148. The molecule has 1 aliphatic rings. The average Bonchev–Trinajstić information content (AvgIpc) is 3.34. The van der Waals surface area contributed by atoms with Gasteiger partial charge >= 0.3 is 18.2 Å². The standard InChI is InChI=1S/C30H45N4O6P/c1-9-12-21(17-34(26(36)39-28(3,4)5)27(37)40-29(6,7)8)15-22-16-30(22,25(35)38-20(2)41)23-18-33(19-32-23)24-13-10-11-14-31-24/h10-11,13-14,18-22H,9,12,15-17,41H2,1-8H3/t20-,21+,22+,30-/m0/s1. The van der Waals surface area contributed by atoms with Crippen LogP contribution in [0.2, 0.25) is 0 Å². The van der Waals surface area contributed by atoms with Crippen molar-refractivity contribution in [2.45, 2.75) is 104 Å². The van der Waals surface area contributed by atoms with Crippen LogP contribution in [0.5, 0.6) is 0 Å². The van der Waals surface area contributed by atoms with Crippen LogP contribution in [0, 0.1) is 11.8 Å². The van der Waals surface area contributed by atoms with E-state index >= 15 is 0 Å². The first-order valence-electron chi connectivity index (χ1n) is 14.2. The van der Waals surface area contributed by atoms with E-state index in [0.29, 0.717) is 24.4 Å². The zero-order chi connectivity index (χ0) is 30.6. The SMILES string of the molecule is CCC[C@H](C[C@@H]1C[C@@]1(C(=O)O[C@H](C)P)c1cn(-c2ccccn2)cn1)CN(C(=O)OC(C)(C)C)C(=O)OC(C)(C)C. The molecule has 10 nitrogen and oxygen atoms in total. The second-order valence-electron chi connectivity index (χ2n) is 12.8. The fraction of sp³-hybridized carbons (Fsp3) is 0.633. The molecule has 1 unspecified atom stereocenters. The predicted molar refractivity (Wildman–Crippen MR) is 159 cm³/mol. The molecule has 226 valence electrons. The minimum atomic E-state index is -0.917. The van der Waals surface area contributed by atoms with Crippen molar-refractivity contribution in [2.75, 3.05) is 6.54 Å². The molecule has 2 aromatic heterocycles. The summed E-state index contributed by atoms with van der Waals surface area (Å²) in [5.74, 6) is -0.171. The summed E-state index contributed by atoms with van der Waals surface area (Å²) in [4.78, 5) is 49.9. The van der Waals surface area contributed by atoms with Gasteiger partial charge in [-0.25, -0.2) is 24.5 Å². The molecule has 0 radical (unpaired) electrons. The number of imide groups is 1. The zero-order valence-corrected chi connectivity index (χ0v) is 26.7. The summed E-state index contributed by atoms with van der Waals surface area (Å²) >= 11 is 0. The number of imidazole rings is 1. The molecular formula is C30H45N4O6P. The number of hydrogen-bond acceptors (Lipinski definition) is 8. The van der Waals surface area contributed by atoms with Crippen LogP contribution in [0.4, 0.5) is 9.59 Å². The van der Waals surface area contributed by atoms with Crippen molar-refractivity contribution in [3.63, 3.8) is 0 Å². The van der Waals surface area contributed by atoms with E-state index in [0.717, 1.165) is 17.7 Å². The molecule has 0 bridgehead atoms. The Bertz CT molecular complexity index is 1180. The lowest BCUT2D eigenvalue weighted by atomic mass is 9.90. The molecule has 2 aromatic rings. The Hall–Kier alpha value is -3.00. The highest BCUT2D eigenvalue weighted by molar-refractivity contribution is 7.17. The topological polar surface area (TPSA) is 113 Å². The van der Waals surface area contributed by atoms with Gasteiger partial charge < -0.3 is 14.2 Å². The molecule has 3 rings (SSSR count). The van der Waals surface area contributed by atoms with Crippen molar-refractivity contribution in [1.29, 1.82) is 0 Å². The molecule has 0 aromatic carbocycles. The van der Waals surface area contributed by atoms with Gasteiger partial charge in [0, 0.05) is 18.9 Å². The van der Waals surface area contributed by atoms with Crippen molar-refractivity contribution in [3.8, 4) is 5.82 Å². The molecule has 0 saturated heterocycles. The zero-order valence-electron chi connectivity index (χ0n) is 25.5. The first-order chi connectivity index (χ1) is 19.1. The Balaban J connectivity index is 1.88. The van der Waals surface area contributed by atoms with Gasteiger partial charge in [-0.15, -0.1) is 0 Å². The van der Waals surface area contributed by atoms with Gasteiger partial charge in [-0.2, -0.15) is 0 Å². The summed E-state index contributed by atoms with van der Waals surface area (Å²) < 4.78 is 18.6. The molecule has 1 aliphatic carbocycles. The number of pyridine rings is 1. The van der Waals surface area contributed by atoms with Crippen LogP contribution < -0.4 is 0 Å². The van der Waals surface area contributed by atoms with E-state index in [-0.39, 0.29) is 30.2 Å². The number of esters is 1. The van der Waals surface area contributed by atoms with Gasteiger partial charge in [0.25, 0.3) is 0 Å². The Morgan fingerprint density at radius 2 is 1.73 bits per heavy atom. The minimum absolute atomic E-state index is 0.0819. The average molecular weight is 589 g/mol.